The van der Waals surface area contributed by atoms with Crippen molar-refractivity contribution in [1.29, 1.82) is 0 Å². The number of ether oxygens (including phenoxy) is 1. The van der Waals surface area contributed by atoms with Gasteiger partial charge in [-0.15, -0.1) is 0 Å². The zero-order valence-electron chi connectivity index (χ0n) is 7.52. The molecule has 0 spiro atoms. The van der Waals surface area contributed by atoms with Crippen molar-refractivity contribution in [2.24, 2.45) is 0 Å². The summed E-state index contributed by atoms with van der Waals surface area (Å²) in [5.74, 6) is -0.626. The van der Waals surface area contributed by atoms with E-state index in [9.17, 15) is 14.9 Å². The molecular weight excluding hydrogens is 209 g/mol. The third-order valence-electron chi connectivity index (χ3n) is 1.71. The van der Waals surface area contributed by atoms with Crippen molar-refractivity contribution in [3.8, 4) is 0 Å². The topological polar surface area (TPSA) is 69.4 Å². The number of methoxy groups -OCH3 is 1. The summed E-state index contributed by atoms with van der Waals surface area (Å²) >= 11 is 0. The second-order valence-electron chi connectivity index (χ2n) is 2.59. The Morgan fingerprint density at radius 1 is 1.53 bits per heavy atom. The van der Waals surface area contributed by atoms with E-state index in [1.54, 1.807) is 0 Å². The number of benzene rings is 1. The van der Waals surface area contributed by atoms with Gasteiger partial charge in [-0.1, -0.05) is 6.07 Å². The first kappa shape index (κ1) is 14.1. The molecule has 1 aromatic carbocycles. The number of hydrogen-bond acceptors (Lipinski definition) is 4. The number of hydrogen-bond donors (Lipinski definition) is 0. The van der Waals surface area contributed by atoms with Gasteiger partial charge in [0, 0.05) is 12.1 Å². The van der Waals surface area contributed by atoms with Crippen molar-refractivity contribution >= 4 is 41.2 Å². The molecule has 0 N–H and O–H groups in total. The molecule has 0 aliphatic heterocycles. The number of nitro benzene ring substituents is 1. The number of non-ortho nitro benzene ring substituents is 1. The van der Waals surface area contributed by atoms with Gasteiger partial charge in [0.1, 0.15) is 0 Å². The molecule has 1 radical (unpaired) electrons. The average molecular weight is 218 g/mol. The first-order valence-electron chi connectivity index (χ1n) is 3.75. The number of nitrogens with zero attached hydrogens (tertiary/aromatic N) is 1. The Bertz CT molecular complexity index is 392. The molecule has 0 aromatic heterocycles. The molecule has 0 amide bonds. The summed E-state index contributed by atoms with van der Waals surface area (Å²) in [7, 11) is 1.21. The summed E-state index contributed by atoms with van der Waals surface area (Å²) in [6.45, 7) is 3.57. The summed E-state index contributed by atoms with van der Waals surface area (Å²) in [5, 5.41) is 10.4. The molecule has 0 aliphatic carbocycles. The number of esters is 1. The van der Waals surface area contributed by atoms with Crippen LogP contribution in [0.25, 0.3) is 0 Å². The van der Waals surface area contributed by atoms with Crippen LogP contribution in [0.3, 0.4) is 0 Å². The Hall–Kier alpha value is -0.910. The van der Waals surface area contributed by atoms with Crippen LogP contribution >= 0.6 is 0 Å². The van der Waals surface area contributed by atoms with Gasteiger partial charge in [0.2, 0.25) is 0 Å². The fourth-order valence-electron chi connectivity index (χ4n) is 0.978. The van der Waals surface area contributed by atoms with Crippen LogP contribution in [0.1, 0.15) is 15.9 Å². The fraction of sp³-hybridized carbons (Fsp3) is 0.111. The summed E-state index contributed by atoms with van der Waals surface area (Å²) in [6.07, 6.45) is 0. The van der Waals surface area contributed by atoms with Crippen molar-refractivity contribution in [2.75, 3.05) is 7.11 Å². The summed E-state index contributed by atoms with van der Waals surface area (Å²) in [5.41, 5.74) is 0.363. The van der Waals surface area contributed by atoms with E-state index in [0.717, 1.165) is 6.07 Å². The van der Waals surface area contributed by atoms with E-state index < -0.39 is 10.9 Å². The normalized spacial score (nSPS) is 8.93. The fourth-order valence-corrected chi connectivity index (χ4v) is 0.978. The molecule has 0 atom stereocenters. The van der Waals surface area contributed by atoms with Gasteiger partial charge >= 0.3 is 35.5 Å². The van der Waals surface area contributed by atoms with E-state index in [4.69, 9.17) is 0 Å². The molecule has 1 aromatic rings. The van der Waals surface area contributed by atoms with E-state index in [0.29, 0.717) is 5.56 Å². The van der Waals surface area contributed by atoms with Crippen LogP contribution < -0.4 is 0 Å². The molecule has 0 saturated heterocycles. The van der Waals surface area contributed by atoms with E-state index in [2.05, 4.69) is 11.7 Å². The Kier molecular flexibility index (Phi) is 5.49. The van der Waals surface area contributed by atoms with E-state index in [1.807, 2.05) is 0 Å². The maximum absolute atomic E-state index is 11.1. The molecular formula is C9H9NNaO4. The molecule has 0 unspecified atom stereocenters. The quantitative estimate of drug-likeness (QED) is 0.320. The van der Waals surface area contributed by atoms with Crippen LogP contribution in [-0.4, -0.2) is 47.6 Å². The van der Waals surface area contributed by atoms with Crippen molar-refractivity contribution in [3.05, 3.63) is 46.4 Å². The number of carbonyl (C=O) groups excluding carboxylic acids is 1. The van der Waals surface area contributed by atoms with Crippen molar-refractivity contribution in [1.82, 2.24) is 0 Å². The first-order chi connectivity index (χ1) is 6.56. The molecule has 5 nitrogen and oxygen atoms in total. The summed E-state index contributed by atoms with van der Waals surface area (Å²) in [4.78, 5) is 21.0. The van der Waals surface area contributed by atoms with Gasteiger partial charge in [-0.3, -0.25) is 10.1 Å². The second-order valence-corrected chi connectivity index (χ2v) is 2.59. The summed E-state index contributed by atoms with van der Waals surface area (Å²) in [6, 6.07) is 3.84. The van der Waals surface area contributed by atoms with Gasteiger partial charge < -0.3 is 4.74 Å². The predicted molar refractivity (Wildman–Crippen MR) is 56.0 cm³/mol. The van der Waals surface area contributed by atoms with E-state index in [-0.39, 0.29) is 40.8 Å². The van der Waals surface area contributed by atoms with Crippen LogP contribution in [0, 0.1) is 17.0 Å². The molecule has 0 fully saturated rings. The van der Waals surface area contributed by atoms with E-state index in [1.165, 1.54) is 19.2 Å². The van der Waals surface area contributed by atoms with Crippen LogP contribution in [0.4, 0.5) is 5.69 Å². The van der Waals surface area contributed by atoms with Gasteiger partial charge in [-0.25, -0.2) is 4.79 Å². The minimum atomic E-state index is -0.626. The Morgan fingerprint density at radius 2 is 2.13 bits per heavy atom. The van der Waals surface area contributed by atoms with Gasteiger partial charge in [0.15, 0.2) is 0 Å². The summed E-state index contributed by atoms with van der Waals surface area (Å²) < 4.78 is 4.45. The average Bonchev–Trinajstić information content (AvgIpc) is 2.17. The van der Waals surface area contributed by atoms with Crippen LogP contribution in [0.15, 0.2) is 18.2 Å². The molecule has 75 valence electrons. The zero-order chi connectivity index (χ0) is 10.7. The molecule has 0 heterocycles. The van der Waals surface area contributed by atoms with Gasteiger partial charge in [-0.05, 0) is 12.5 Å². The molecule has 15 heavy (non-hydrogen) atoms. The van der Waals surface area contributed by atoms with Crippen molar-refractivity contribution in [2.45, 2.75) is 0 Å². The Labute approximate surface area is 109 Å². The van der Waals surface area contributed by atoms with E-state index >= 15 is 0 Å². The Morgan fingerprint density at radius 3 is 2.60 bits per heavy atom. The van der Waals surface area contributed by atoms with Crippen LogP contribution in [0.2, 0.25) is 0 Å². The SMILES string of the molecule is [CH2]c1ccc([N+](=O)[O-])cc1C(=O)OC.[NaH]. The monoisotopic (exact) mass is 218 g/mol. The molecule has 6 heteroatoms. The third-order valence-corrected chi connectivity index (χ3v) is 1.71. The number of nitro groups is 1. The minimum absolute atomic E-state index is 0. The zero-order valence-corrected chi connectivity index (χ0v) is 7.52. The van der Waals surface area contributed by atoms with Crippen molar-refractivity contribution < 1.29 is 14.5 Å². The predicted octanol–water partition coefficient (Wildman–Crippen LogP) is 0.915. The first-order valence-corrected chi connectivity index (χ1v) is 3.75. The standard InChI is InChI=1S/C9H8NO4.Na.H/c1-6-3-4-7(10(12)13)5-8(6)9(11)14-2;;/h3-5H,1H2,2H3;;. The van der Waals surface area contributed by atoms with Crippen LogP contribution in [0.5, 0.6) is 0 Å². The van der Waals surface area contributed by atoms with Gasteiger partial charge in [-0.2, -0.15) is 0 Å². The number of carbonyl (C=O) groups is 1. The maximum atomic E-state index is 11.1. The molecule has 0 saturated carbocycles. The van der Waals surface area contributed by atoms with Gasteiger partial charge in [0.05, 0.1) is 17.6 Å². The van der Waals surface area contributed by atoms with Crippen molar-refractivity contribution in [3.63, 3.8) is 0 Å². The molecule has 0 bridgehead atoms. The number of rotatable bonds is 2. The van der Waals surface area contributed by atoms with Gasteiger partial charge in [0.25, 0.3) is 5.69 Å². The second kappa shape index (κ2) is 5.85. The van der Waals surface area contributed by atoms with Crippen LogP contribution in [-0.2, 0) is 4.74 Å². The molecule has 0 aliphatic rings. The molecule has 1 rings (SSSR count). The Balaban J connectivity index is 0.00000196. The third kappa shape index (κ3) is 3.30.